The molecule has 0 atom stereocenters. The molecule has 2 aromatic carbocycles. The van der Waals surface area contributed by atoms with Crippen LogP contribution in [0.15, 0.2) is 26.5 Å². The zero-order valence-electron chi connectivity index (χ0n) is 7.88. The predicted molar refractivity (Wildman–Crippen MR) is 54.6 cm³/mol. The molecule has 0 aromatic heterocycles. The quantitative estimate of drug-likeness (QED) is 0.563. The van der Waals surface area contributed by atoms with Gasteiger partial charge in [-0.1, -0.05) is 0 Å². The summed E-state index contributed by atoms with van der Waals surface area (Å²) < 4.78 is 0. The van der Waals surface area contributed by atoms with Gasteiger partial charge in [0.2, 0.25) is 10.9 Å². The molecule has 0 aliphatic rings. The normalized spacial score (nSPS) is 11.0. The van der Waals surface area contributed by atoms with Crippen LogP contribution in [0.5, 0.6) is 0 Å². The van der Waals surface area contributed by atoms with Crippen LogP contribution in [0.3, 0.4) is 0 Å². The first-order valence-electron chi connectivity index (χ1n) is 4.27. The monoisotopic (exact) mass is 188 g/mol. The Morgan fingerprint density at radius 1 is 0.714 bits per heavy atom. The molecular formula is C11H8O3. The molecule has 0 aliphatic heterocycles. The van der Waals surface area contributed by atoms with Crippen molar-refractivity contribution in [1.82, 2.24) is 0 Å². The Bertz CT molecular complexity index is 602. The maximum Gasteiger partial charge on any atom is 0.273 e. The van der Waals surface area contributed by atoms with Gasteiger partial charge >= 0.3 is 0 Å². The highest BCUT2D eigenvalue weighted by Gasteiger charge is 2.12. The lowest BCUT2D eigenvalue weighted by molar-refractivity contribution is 1.37. The molecule has 0 bridgehead atoms. The molecule has 0 amide bonds. The minimum atomic E-state index is -0.912. The van der Waals surface area contributed by atoms with Crippen LogP contribution in [0.25, 0.3) is 10.8 Å². The summed E-state index contributed by atoms with van der Waals surface area (Å²) in [6.07, 6.45) is 0. The number of benzene rings is 1. The van der Waals surface area contributed by atoms with Crippen molar-refractivity contribution < 1.29 is 0 Å². The molecule has 0 saturated heterocycles. The molecule has 0 fully saturated rings. The van der Waals surface area contributed by atoms with Crippen molar-refractivity contribution in [2.45, 2.75) is 13.8 Å². The summed E-state index contributed by atoms with van der Waals surface area (Å²) >= 11 is 0. The molecule has 0 heterocycles. The van der Waals surface area contributed by atoms with Crippen molar-refractivity contribution in [3.05, 3.63) is 53.9 Å². The Morgan fingerprint density at radius 2 is 1.07 bits per heavy atom. The Hall–Kier alpha value is -1.77. The van der Waals surface area contributed by atoms with Crippen LogP contribution >= 0.6 is 0 Å². The molecule has 2 aromatic rings. The van der Waals surface area contributed by atoms with E-state index in [2.05, 4.69) is 0 Å². The van der Waals surface area contributed by atoms with E-state index in [0.29, 0.717) is 0 Å². The van der Waals surface area contributed by atoms with Crippen LogP contribution in [-0.2, 0) is 0 Å². The van der Waals surface area contributed by atoms with Crippen molar-refractivity contribution in [3.8, 4) is 0 Å². The zero-order chi connectivity index (χ0) is 10.5. The summed E-state index contributed by atoms with van der Waals surface area (Å²) in [4.78, 5) is 33.7. The first-order chi connectivity index (χ1) is 6.52. The van der Waals surface area contributed by atoms with E-state index < -0.39 is 16.3 Å². The lowest BCUT2D eigenvalue weighted by Gasteiger charge is -1.97. The topological polar surface area (TPSA) is 51.2 Å². The molecule has 0 aliphatic carbocycles. The third-order valence-electron chi connectivity index (χ3n) is 2.54. The van der Waals surface area contributed by atoms with E-state index in [9.17, 15) is 14.4 Å². The van der Waals surface area contributed by atoms with Gasteiger partial charge < -0.3 is 0 Å². The molecule has 3 nitrogen and oxygen atoms in total. The molecule has 2 rings (SSSR count). The predicted octanol–water partition coefficient (Wildman–Crippen LogP) is 0.413. The van der Waals surface area contributed by atoms with Gasteiger partial charge in [0.05, 0.1) is 0 Å². The Kier molecular flexibility index (Phi) is 1.64. The number of fused-ring (bicyclic) bond motifs is 1. The van der Waals surface area contributed by atoms with Crippen molar-refractivity contribution in [1.29, 1.82) is 0 Å². The fourth-order valence-corrected chi connectivity index (χ4v) is 1.54. The number of hydrogen-bond acceptors (Lipinski definition) is 3. The summed E-state index contributed by atoms with van der Waals surface area (Å²) in [5.74, 6) is 0. The van der Waals surface area contributed by atoms with Gasteiger partial charge in [0.1, 0.15) is 0 Å². The Labute approximate surface area is 79.3 Å². The number of hydrogen-bond donors (Lipinski definition) is 0. The van der Waals surface area contributed by atoms with Gasteiger partial charge in [0, 0.05) is 10.8 Å². The van der Waals surface area contributed by atoms with Crippen LogP contribution in [0, 0.1) is 13.8 Å². The number of rotatable bonds is 0. The molecular weight excluding hydrogens is 180 g/mol. The Balaban J connectivity index is 3.20. The van der Waals surface area contributed by atoms with E-state index in [-0.39, 0.29) is 10.8 Å². The molecule has 0 unspecified atom stereocenters. The highest BCUT2D eigenvalue weighted by Crippen LogP contribution is 2.12. The zero-order valence-corrected chi connectivity index (χ0v) is 7.88. The van der Waals surface area contributed by atoms with Gasteiger partial charge in [-0.3, -0.25) is 14.4 Å². The molecule has 0 spiro atoms. The van der Waals surface area contributed by atoms with Crippen LogP contribution in [0.2, 0.25) is 0 Å². The van der Waals surface area contributed by atoms with Crippen LogP contribution < -0.4 is 16.3 Å². The fraction of sp³-hybridized carbons (Fsp3) is 0.182. The fourth-order valence-electron chi connectivity index (χ4n) is 1.54. The second-order valence-electron chi connectivity index (χ2n) is 3.47. The lowest BCUT2D eigenvalue weighted by atomic mass is 10.1. The number of aryl methyl sites for hydroxylation is 2. The van der Waals surface area contributed by atoms with Gasteiger partial charge in [-0.2, -0.15) is 0 Å². The van der Waals surface area contributed by atoms with Crippen LogP contribution in [-0.4, -0.2) is 0 Å². The van der Waals surface area contributed by atoms with E-state index in [1.54, 1.807) is 12.1 Å². The van der Waals surface area contributed by atoms with E-state index >= 15 is 0 Å². The SMILES string of the molecule is Cc1cc2c(=O)c(=O)c(=O)c2cc1C. The highest BCUT2D eigenvalue weighted by atomic mass is 16.2. The van der Waals surface area contributed by atoms with E-state index in [1.165, 1.54) is 0 Å². The summed E-state index contributed by atoms with van der Waals surface area (Å²) in [7, 11) is 0. The van der Waals surface area contributed by atoms with Gasteiger partial charge in [0.15, 0.2) is 0 Å². The van der Waals surface area contributed by atoms with E-state index in [4.69, 9.17) is 0 Å². The molecule has 3 heteroatoms. The summed E-state index contributed by atoms with van der Waals surface area (Å²) in [6, 6.07) is 3.21. The maximum absolute atomic E-state index is 11.3. The highest BCUT2D eigenvalue weighted by molar-refractivity contribution is 5.85. The standard InChI is InChI=1S/C11H8O3/c1-5-3-7-8(4-6(5)2)10(13)11(14)9(7)12/h3-4H,1-2H3. The summed E-state index contributed by atoms with van der Waals surface area (Å²) in [5.41, 5.74) is -0.426. The molecule has 70 valence electrons. The molecule has 0 radical (unpaired) electrons. The minimum absolute atomic E-state index is 0.253. The van der Waals surface area contributed by atoms with Crippen molar-refractivity contribution in [3.63, 3.8) is 0 Å². The average molecular weight is 188 g/mol. The third kappa shape index (κ3) is 0.954. The molecule has 0 N–H and O–H groups in total. The minimum Gasteiger partial charge on any atom is -0.285 e. The van der Waals surface area contributed by atoms with Crippen molar-refractivity contribution in [2.24, 2.45) is 0 Å². The van der Waals surface area contributed by atoms with Gasteiger partial charge in [-0.25, -0.2) is 0 Å². The largest absolute Gasteiger partial charge is 0.285 e. The molecule has 14 heavy (non-hydrogen) atoms. The molecule has 0 saturated carbocycles. The van der Waals surface area contributed by atoms with Crippen molar-refractivity contribution in [2.75, 3.05) is 0 Å². The van der Waals surface area contributed by atoms with E-state index in [0.717, 1.165) is 11.1 Å². The third-order valence-corrected chi connectivity index (χ3v) is 2.54. The summed E-state index contributed by atoms with van der Waals surface area (Å²) in [5, 5.41) is 0.506. The van der Waals surface area contributed by atoms with Gasteiger partial charge in [-0.15, -0.1) is 0 Å². The van der Waals surface area contributed by atoms with Gasteiger partial charge in [-0.05, 0) is 37.1 Å². The van der Waals surface area contributed by atoms with Crippen molar-refractivity contribution >= 4 is 10.8 Å². The van der Waals surface area contributed by atoms with Crippen LogP contribution in [0.1, 0.15) is 11.1 Å². The van der Waals surface area contributed by atoms with Gasteiger partial charge in [0.25, 0.3) is 5.43 Å². The first kappa shape index (κ1) is 8.81. The summed E-state index contributed by atoms with van der Waals surface area (Å²) in [6.45, 7) is 3.69. The smallest absolute Gasteiger partial charge is 0.273 e. The van der Waals surface area contributed by atoms with Crippen LogP contribution in [0.4, 0.5) is 0 Å². The average Bonchev–Trinajstić information content (AvgIpc) is 2.34. The Morgan fingerprint density at radius 3 is 1.43 bits per heavy atom. The maximum atomic E-state index is 11.3. The second-order valence-corrected chi connectivity index (χ2v) is 3.47. The first-order valence-corrected chi connectivity index (χ1v) is 4.27. The lowest BCUT2D eigenvalue weighted by Crippen LogP contribution is -2.29. The van der Waals surface area contributed by atoms with E-state index in [1.807, 2.05) is 13.8 Å². The second kappa shape index (κ2) is 2.61.